The third kappa shape index (κ3) is 7.09. The van der Waals surface area contributed by atoms with Gasteiger partial charge in [-0.05, 0) is 44.4 Å². The Morgan fingerprint density at radius 1 is 0.971 bits per heavy atom. The van der Waals surface area contributed by atoms with Gasteiger partial charge in [0, 0.05) is 35.0 Å². The summed E-state index contributed by atoms with van der Waals surface area (Å²) in [5.74, 6) is 1.85. The molecule has 1 N–H and O–H groups in total. The van der Waals surface area contributed by atoms with Crippen molar-refractivity contribution in [1.82, 2.24) is 9.55 Å². The number of nitrogens with zero attached hydrogens (tertiary/aromatic N) is 2. The Hall–Kier alpha value is -3.80. The predicted molar refractivity (Wildman–Crippen MR) is 139 cm³/mol. The molecule has 2 aromatic carbocycles. The van der Waals surface area contributed by atoms with Crippen LogP contribution in [0, 0.1) is 6.92 Å². The maximum atomic E-state index is 10.6. The number of carboxylic acids is 1. The van der Waals surface area contributed by atoms with E-state index in [1.165, 1.54) is 0 Å². The number of carboxylic acid groups (broad SMARTS) is 1. The number of furan rings is 1. The number of carbonyl (C=O) groups is 1. The monoisotopic (exact) mass is 474 g/mol. The Kier molecular flexibility index (Phi) is 9.72. The van der Waals surface area contributed by atoms with Crippen LogP contribution in [0.4, 0.5) is 0 Å². The summed E-state index contributed by atoms with van der Waals surface area (Å²) < 4.78 is 13.7. The van der Waals surface area contributed by atoms with E-state index in [0.717, 1.165) is 52.6 Å². The fourth-order valence-electron chi connectivity index (χ4n) is 3.80. The number of hydrogen-bond donors (Lipinski definition) is 1. The first-order valence-electron chi connectivity index (χ1n) is 12.2. The second-order valence-electron chi connectivity index (χ2n) is 8.02. The summed E-state index contributed by atoms with van der Waals surface area (Å²) in [6.45, 7) is 7.27. The maximum Gasteiger partial charge on any atom is 0.303 e. The Morgan fingerprint density at radius 3 is 2.43 bits per heavy atom. The molecule has 184 valence electrons. The van der Waals surface area contributed by atoms with Crippen molar-refractivity contribution in [3.63, 3.8) is 0 Å². The van der Waals surface area contributed by atoms with Crippen LogP contribution < -0.4 is 4.74 Å². The summed E-state index contributed by atoms with van der Waals surface area (Å²) in [5, 5.41) is 8.75. The van der Waals surface area contributed by atoms with Gasteiger partial charge in [-0.25, -0.2) is 4.98 Å². The molecule has 4 aromatic rings. The molecule has 0 unspecified atom stereocenters. The highest BCUT2D eigenvalue weighted by molar-refractivity contribution is 5.66. The lowest BCUT2D eigenvalue weighted by Crippen LogP contribution is -2.07. The number of aryl methyl sites for hydroxylation is 1. The normalized spacial score (nSPS) is 10.5. The zero-order valence-electron chi connectivity index (χ0n) is 20.7. The van der Waals surface area contributed by atoms with E-state index in [1.807, 2.05) is 62.5 Å². The Morgan fingerprint density at radius 2 is 1.71 bits per heavy atom. The first-order chi connectivity index (χ1) is 17.1. The van der Waals surface area contributed by atoms with Crippen LogP contribution in [-0.2, 0) is 11.3 Å². The maximum absolute atomic E-state index is 10.6. The van der Waals surface area contributed by atoms with E-state index in [1.54, 1.807) is 6.26 Å². The number of para-hydroxylation sites is 1. The van der Waals surface area contributed by atoms with Gasteiger partial charge in [0.2, 0.25) is 0 Å². The smallest absolute Gasteiger partial charge is 0.303 e. The molecular weight excluding hydrogens is 440 g/mol. The van der Waals surface area contributed by atoms with E-state index < -0.39 is 5.97 Å². The van der Waals surface area contributed by atoms with E-state index in [4.69, 9.17) is 14.3 Å². The number of benzene rings is 2. The Bertz CT molecular complexity index is 1180. The molecule has 6 nitrogen and oxygen atoms in total. The van der Waals surface area contributed by atoms with Crippen LogP contribution in [0.15, 0.2) is 77.5 Å². The summed E-state index contributed by atoms with van der Waals surface area (Å²) in [6, 6.07) is 20.1. The van der Waals surface area contributed by atoms with Crippen molar-refractivity contribution >= 4 is 5.97 Å². The molecule has 0 saturated carbocycles. The minimum absolute atomic E-state index is 0.210. The van der Waals surface area contributed by atoms with Crippen LogP contribution in [0.25, 0.3) is 22.7 Å². The molecule has 0 spiro atoms. The van der Waals surface area contributed by atoms with Crippen LogP contribution in [-0.4, -0.2) is 27.2 Å². The van der Waals surface area contributed by atoms with Gasteiger partial charge in [0.25, 0.3) is 0 Å². The first-order valence-corrected chi connectivity index (χ1v) is 12.2. The van der Waals surface area contributed by atoms with Crippen molar-refractivity contribution in [1.29, 1.82) is 0 Å². The number of aliphatic carboxylic acids is 1. The number of imidazole rings is 1. The van der Waals surface area contributed by atoms with Gasteiger partial charge in [0.1, 0.15) is 17.3 Å². The van der Waals surface area contributed by atoms with Gasteiger partial charge < -0.3 is 18.8 Å². The van der Waals surface area contributed by atoms with Crippen LogP contribution in [0.1, 0.15) is 50.8 Å². The van der Waals surface area contributed by atoms with Gasteiger partial charge in [0.05, 0.1) is 19.4 Å². The summed E-state index contributed by atoms with van der Waals surface area (Å²) in [7, 11) is 0. The highest BCUT2D eigenvalue weighted by Gasteiger charge is 2.13. The quantitative estimate of drug-likeness (QED) is 0.232. The lowest BCUT2D eigenvalue weighted by atomic mass is 10.1. The largest absolute Gasteiger partial charge is 0.493 e. The molecular formula is C29H34N2O4. The molecule has 0 fully saturated rings. The minimum Gasteiger partial charge on any atom is -0.493 e. The second kappa shape index (κ2) is 13.2. The molecule has 0 amide bonds. The molecule has 0 saturated heterocycles. The SMILES string of the molecule is CC.Cc1cnc(-c2ccc(-c3ccco3)cc2)n1Cc1ccccc1OCCCCCC(=O)O. The predicted octanol–water partition coefficient (Wildman–Crippen LogP) is 7.22. The average Bonchev–Trinajstić information content (AvgIpc) is 3.54. The standard InChI is InChI=1S/C27H28N2O4.C2H6/c1-20-18-28-27(22-14-12-21(13-15-22)24-10-7-17-33-24)29(20)19-23-8-4-5-9-25(23)32-16-6-2-3-11-26(30)31;1-2/h4-5,7-10,12-15,17-18H,2-3,6,11,16,19H2,1H3,(H,30,31);1-2H3. The summed E-state index contributed by atoms with van der Waals surface area (Å²) >= 11 is 0. The molecule has 0 aliphatic rings. The Balaban J connectivity index is 0.00000167. The lowest BCUT2D eigenvalue weighted by Gasteiger charge is -2.15. The number of unbranched alkanes of at least 4 members (excludes halogenated alkanes) is 2. The molecule has 2 heterocycles. The van der Waals surface area contributed by atoms with Gasteiger partial charge >= 0.3 is 5.97 Å². The number of aromatic nitrogens is 2. The van der Waals surface area contributed by atoms with Crippen molar-refractivity contribution in [2.24, 2.45) is 0 Å². The molecule has 4 rings (SSSR count). The molecule has 0 radical (unpaired) electrons. The van der Waals surface area contributed by atoms with E-state index in [9.17, 15) is 4.79 Å². The van der Waals surface area contributed by atoms with Gasteiger partial charge in [-0.2, -0.15) is 0 Å². The third-order valence-electron chi connectivity index (χ3n) is 5.60. The molecule has 0 atom stereocenters. The lowest BCUT2D eigenvalue weighted by molar-refractivity contribution is -0.137. The van der Waals surface area contributed by atoms with E-state index in [-0.39, 0.29) is 6.42 Å². The third-order valence-corrected chi connectivity index (χ3v) is 5.60. The molecule has 0 aliphatic carbocycles. The number of hydrogen-bond acceptors (Lipinski definition) is 4. The fraction of sp³-hybridized carbons (Fsp3) is 0.310. The fourth-order valence-corrected chi connectivity index (χ4v) is 3.80. The van der Waals surface area contributed by atoms with Gasteiger partial charge in [-0.15, -0.1) is 0 Å². The zero-order valence-corrected chi connectivity index (χ0v) is 20.7. The summed E-state index contributed by atoms with van der Waals surface area (Å²) in [6.07, 6.45) is 6.13. The molecule has 0 bridgehead atoms. The van der Waals surface area contributed by atoms with Crippen molar-refractivity contribution in [2.45, 2.75) is 53.0 Å². The van der Waals surface area contributed by atoms with Crippen molar-refractivity contribution in [3.05, 3.63) is 84.4 Å². The molecule has 6 heteroatoms. The summed E-state index contributed by atoms with van der Waals surface area (Å²) in [5.41, 5.74) is 4.22. The summed E-state index contributed by atoms with van der Waals surface area (Å²) in [4.78, 5) is 15.3. The highest BCUT2D eigenvalue weighted by Crippen LogP contribution is 2.27. The second-order valence-corrected chi connectivity index (χ2v) is 8.02. The number of rotatable bonds is 11. The Labute approximate surface area is 207 Å². The van der Waals surface area contributed by atoms with Gasteiger partial charge in [-0.1, -0.05) is 56.3 Å². The molecule has 2 aromatic heterocycles. The van der Waals surface area contributed by atoms with Crippen LogP contribution in [0.2, 0.25) is 0 Å². The topological polar surface area (TPSA) is 77.5 Å². The van der Waals surface area contributed by atoms with Crippen molar-refractivity contribution < 1.29 is 19.1 Å². The van der Waals surface area contributed by atoms with E-state index >= 15 is 0 Å². The van der Waals surface area contributed by atoms with Crippen LogP contribution >= 0.6 is 0 Å². The minimum atomic E-state index is -0.747. The molecule has 35 heavy (non-hydrogen) atoms. The average molecular weight is 475 g/mol. The van der Waals surface area contributed by atoms with E-state index in [2.05, 4.69) is 34.7 Å². The van der Waals surface area contributed by atoms with Gasteiger partial charge in [0.15, 0.2) is 0 Å². The van der Waals surface area contributed by atoms with Gasteiger partial charge in [-0.3, -0.25) is 4.79 Å². The molecule has 0 aliphatic heterocycles. The highest BCUT2D eigenvalue weighted by atomic mass is 16.5. The number of ether oxygens (including phenoxy) is 1. The first kappa shape index (κ1) is 25.8. The van der Waals surface area contributed by atoms with Crippen molar-refractivity contribution in [3.8, 4) is 28.5 Å². The zero-order chi connectivity index (χ0) is 25.0. The van der Waals surface area contributed by atoms with E-state index in [0.29, 0.717) is 19.6 Å². The van der Waals surface area contributed by atoms with Crippen molar-refractivity contribution in [2.75, 3.05) is 6.61 Å². The van der Waals surface area contributed by atoms with Crippen LogP contribution in [0.5, 0.6) is 5.75 Å². The van der Waals surface area contributed by atoms with Crippen LogP contribution in [0.3, 0.4) is 0 Å².